The summed E-state index contributed by atoms with van der Waals surface area (Å²) in [5.41, 5.74) is 0.701. The molecular weight excluding hydrogens is 364 g/mol. The number of ether oxygens (including phenoxy) is 4. The van der Waals surface area contributed by atoms with Crippen molar-refractivity contribution in [2.45, 2.75) is 25.8 Å². The van der Waals surface area contributed by atoms with E-state index in [-0.39, 0.29) is 18.0 Å². The molecule has 0 aromatic heterocycles. The minimum absolute atomic E-state index is 0.0233. The molecule has 0 spiro atoms. The van der Waals surface area contributed by atoms with Crippen LogP contribution in [0.25, 0.3) is 6.08 Å². The quantitative estimate of drug-likeness (QED) is 0.718. The summed E-state index contributed by atoms with van der Waals surface area (Å²) in [5, 5.41) is 2.97. The molecule has 1 aromatic carbocycles. The van der Waals surface area contributed by atoms with Crippen molar-refractivity contribution >= 4 is 18.1 Å². The Bertz CT molecular complexity index is 711. The molecule has 1 heterocycles. The third kappa shape index (κ3) is 5.31. The molecule has 0 saturated carbocycles. The summed E-state index contributed by atoms with van der Waals surface area (Å²) < 4.78 is 21.0. The topological polar surface area (TPSA) is 86.3 Å². The van der Waals surface area contributed by atoms with Gasteiger partial charge in [-0.1, -0.05) is 0 Å². The number of methoxy groups -OCH3 is 3. The van der Waals surface area contributed by atoms with E-state index in [1.54, 1.807) is 37.1 Å². The summed E-state index contributed by atoms with van der Waals surface area (Å²) >= 11 is 0. The number of likely N-dealkylation sites (tertiary alicyclic amines) is 1. The fourth-order valence-electron chi connectivity index (χ4n) is 3.09. The Morgan fingerprint density at radius 1 is 1.11 bits per heavy atom. The van der Waals surface area contributed by atoms with Crippen LogP contribution in [-0.2, 0) is 9.53 Å². The molecule has 0 unspecified atom stereocenters. The van der Waals surface area contributed by atoms with Gasteiger partial charge in [-0.05, 0) is 38.0 Å². The van der Waals surface area contributed by atoms with Crippen LogP contribution in [0, 0.1) is 0 Å². The molecule has 0 radical (unpaired) electrons. The number of hydrogen-bond acceptors (Lipinski definition) is 6. The number of hydrogen-bond donors (Lipinski definition) is 1. The second-order valence-corrected chi connectivity index (χ2v) is 6.23. The first-order chi connectivity index (χ1) is 13.5. The first-order valence-electron chi connectivity index (χ1n) is 9.23. The zero-order chi connectivity index (χ0) is 20.5. The summed E-state index contributed by atoms with van der Waals surface area (Å²) in [7, 11) is 4.61. The van der Waals surface area contributed by atoms with E-state index in [0.29, 0.717) is 55.4 Å². The van der Waals surface area contributed by atoms with Gasteiger partial charge in [0.2, 0.25) is 11.7 Å². The maximum Gasteiger partial charge on any atom is 0.409 e. The van der Waals surface area contributed by atoms with E-state index < -0.39 is 0 Å². The molecule has 1 aromatic rings. The smallest absolute Gasteiger partial charge is 0.409 e. The monoisotopic (exact) mass is 392 g/mol. The lowest BCUT2D eigenvalue weighted by atomic mass is 10.1. The van der Waals surface area contributed by atoms with E-state index in [1.807, 2.05) is 0 Å². The lowest BCUT2D eigenvalue weighted by Gasteiger charge is -2.31. The maximum absolute atomic E-state index is 12.3. The average molecular weight is 392 g/mol. The van der Waals surface area contributed by atoms with Gasteiger partial charge >= 0.3 is 6.09 Å². The van der Waals surface area contributed by atoms with Crippen LogP contribution >= 0.6 is 0 Å². The number of nitrogens with one attached hydrogen (secondary N) is 1. The van der Waals surface area contributed by atoms with E-state index in [2.05, 4.69) is 5.32 Å². The molecule has 1 N–H and O–H groups in total. The van der Waals surface area contributed by atoms with E-state index in [0.717, 1.165) is 0 Å². The second kappa shape index (κ2) is 10.4. The molecule has 154 valence electrons. The molecule has 2 amide bonds. The fourth-order valence-corrected chi connectivity index (χ4v) is 3.09. The first-order valence-corrected chi connectivity index (χ1v) is 9.23. The van der Waals surface area contributed by atoms with E-state index >= 15 is 0 Å². The summed E-state index contributed by atoms with van der Waals surface area (Å²) in [6.45, 7) is 3.28. The zero-order valence-corrected chi connectivity index (χ0v) is 16.8. The van der Waals surface area contributed by atoms with Crippen molar-refractivity contribution in [1.82, 2.24) is 10.2 Å². The molecule has 28 heavy (non-hydrogen) atoms. The molecule has 2 rings (SSSR count). The molecule has 1 aliphatic heterocycles. The fraction of sp³-hybridized carbons (Fsp3) is 0.500. The van der Waals surface area contributed by atoms with Gasteiger partial charge in [-0.15, -0.1) is 0 Å². The number of rotatable bonds is 7. The molecule has 1 aliphatic rings. The highest BCUT2D eigenvalue weighted by molar-refractivity contribution is 5.92. The summed E-state index contributed by atoms with van der Waals surface area (Å²) in [6.07, 6.45) is 4.22. The number of nitrogens with zero attached hydrogens (tertiary/aromatic N) is 1. The Labute approximate surface area is 165 Å². The molecule has 8 nitrogen and oxygen atoms in total. The Morgan fingerprint density at radius 3 is 2.36 bits per heavy atom. The van der Waals surface area contributed by atoms with Crippen molar-refractivity contribution in [3.63, 3.8) is 0 Å². The minimum atomic E-state index is -0.298. The van der Waals surface area contributed by atoms with Gasteiger partial charge in [0.1, 0.15) is 0 Å². The van der Waals surface area contributed by atoms with Crippen LogP contribution in [0.15, 0.2) is 18.2 Å². The maximum atomic E-state index is 12.3. The Balaban J connectivity index is 1.95. The Hall–Kier alpha value is -2.90. The van der Waals surface area contributed by atoms with Crippen LogP contribution in [0.5, 0.6) is 17.2 Å². The van der Waals surface area contributed by atoms with Gasteiger partial charge in [-0.2, -0.15) is 0 Å². The summed E-state index contributed by atoms with van der Waals surface area (Å²) in [6, 6.07) is 3.57. The number of piperidine rings is 1. The van der Waals surface area contributed by atoms with Gasteiger partial charge in [0.05, 0.1) is 27.9 Å². The van der Waals surface area contributed by atoms with E-state index in [1.165, 1.54) is 20.3 Å². The van der Waals surface area contributed by atoms with Crippen molar-refractivity contribution < 1.29 is 28.5 Å². The van der Waals surface area contributed by atoms with Crippen molar-refractivity contribution in [1.29, 1.82) is 0 Å². The summed E-state index contributed by atoms with van der Waals surface area (Å²) in [5.74, 6) is 1.31. The van der Waals surface area contributed by atoms with Gasteiger partial charge in [0.25, 0.3) is 0 Å². The highest BCUT2D eigenvalue weighted by atomic mass is 16.6. The molecule has 0 bridgehead atoms. The first kappa shape index (κ1) is 21.4. The van der Waals surface area contributed by atoms with Gasteiger partial charge in [-0.25, -0.2) is 4.79 Å². The standard InChI is InChI=1S/C20H28N2O6/c1-5-28-20(24)22-12-10-15(11-13-22)21-17(23)9-7-14-6-8-16(25-2)19(27-4)18(14)26-3/h6-9,15H,5,10-13H2,1-4H3,(H,21,23)/b9-7+. The van der Waals surface area contributed by atoms with Gasteiger partial charge in [-0.3, -0.25) is 4.79 Å². The number of benzene rings is 1. The largest absolute Gasteiger partial charge is 0.493 e. The number of carbonyl (C=O) groups excluding carboxylic acids is 2. The Morgan fingerprint density at radius 2 is 1.79 bits per heavy atom. The van der Waals surface area contributed by atoms with Crippen LogP contribution in [0.2, 0.25) is 0 Å². The molecule has 8 heteroatoms. The van der Waals surface area contributed by atoms with E-state index in [9.17, 15) is 9.59 Å². The van der Waals surface area contributed by atoms with Crippen molar-refractivity contribution in [3.8, 4) is 17.2 Å². The van der Waals surface area contributed by atoms with Crippen LogP contribution in [0.4, 0.5) is 4.79 Å². The SMILES string of the molecule is CCOC(=O)N1CCC(NC(=O)/C=C/c2ccc(OC)c(OC)c2OC)CC1. The van der Waals surface area contributed by atoms with Crippen molar-refractivity contribution in [2.75, 3.05) is 41.0 Å². The highest BCUT2D eigenvalue weighted by Gasteiger charge is 2.24. The third-order valence-corrected chi connectivity index (χ3v) is 4.52. The third-order valence-electron chi connectivity index (χ3n) is 4.52. The average Bonchev–Trinajstić information content (AvgIpc) is 2.71. The molecular formula is C20H28N2O6. The second-order valence-electron chi connectivity index (χ2n) is 6.23. The highest BCUT2D eigenvalue weighted by Crippen LogP contribution is 2.40. The van der Waals surface area contributed by atoms with Crippen LogP contribution in [0.3, 0.4) is 0 Å². The van der Waals surface area contributed by atoms with Crippen LogP contribution in [-0.4, -0.2) is 64.0 Å². The number of amides is 2. The lowest BCUT2D eigenvalue weighted by Crippen LogP contribution is -2.46. The molecule has 1 saturated heterocycles. The normalized spacial score (nSPS) is 14.6. The zero-order valence-electron chi connectivity index (χ0n) is 16.8. The number of carbonyl (C=O) groups is 2. The minimum Gasteiger partial charge on any atom is -0.493 e. The lowest BCUT2D eigenvalue weighted by molar-refractivity contribution is -0.117. The van der Waals surface area contributed by atoms with Gasteiger partial charge < -0.3 is 29.2 Å². The van der Waals surface area contributed by atoms with Crippen molar-refractivity contribution in [2.24, 2.45) is 0 Å². The van der Waals surface area contributed by atoms with Crippen LogP contribution < -0.4 is 19.5 Å². The van der Waals surface area contributed by atoms with Gasteiger partial charge in [0, 0.05) is 30.8 Å². The van der Waals surface area contributed by atoms with E-state index in [4.69, 9.17) is 18.9 Å². The summed E-state index contributed by atoms with van der Waals surface area (Å²) in [4.78, 5) is 25.7. The predicted octanol–water partition coefficient (Wildman–Crippen LogP) is 2.46. The Kier molecular flexibility index (Phi) is 7.98. The molecule has 0 aliphatic carbocycles. The molecule has 0 atom stereocenters. The van der Waals surface area contributed by atoms with Crippen molar-refractivity contribution in [3.05, 3.63) is 23.8 Å². The predicted molar refractivity (Wildman–Crippen MR) is 105 cm³/mol. The molecule has 1 fully saturated rings. The van der Waals surface area contributed by atoms with Gasteiger partial charge in [0.15, 0.2) is 11.5 Å². The van der Waals surface area contributed by atoms with Crippen LogP contribution in [0.1, 0.15) is 25.3 Å².